The number of pyridine rings is 3. The maximum Gasteiger partial charge on any atom is 2.00 e. The number of alkyl halides is 2. The van der Waals surface area contributed by atoms with E-state index in [2.05, 4.69) is 115 Å². The fraction of sp³-hybridized carbons (Fsp3) is 0.453. The zero-order valence-electron chi connectivity index (χ0n) is 63.8. The maximum atomic E-state index is 14.5. The molecule has 0 amide bonds. The van der Waals surface area contributed by atoms with Gasteiger partial charge in [-0.3, -0.25) is 9.98 Å². The predicted molar refractivity (Wildman–Crippen MR) is 438 cm³/mol. The van der Waals surface area contributed by atoms with Gasteiger partial charge in [0.1, 0.15) is 58.4 Å². The zero-order valence-corrected chi connectivity index (χ0v) is 69.5. The van der Waals surface area contributed by atoms with E-state index in [1.54, 1.807) is 77.4 Å². The third-order valence-corrected chi connectivity index (χ3v) is 25.7. The molecule has 2 aliphatic carbocycles. The Balaban J connectivity index is 0.000000172. The van der Waals surface area contributed by atoms with Crippen LogP contribution in [0, 0.1) is 12.0 Å². The molecule has 5 aliphatic heterocycles. The second-order valence-corrected chi connectivity index (χ2v) is 35.0. The molecule has 5 N–H and O–H groups in total. The van der Waals surface area contributed by atoms with Gasteiger partial charge < -0.3 is 45.8 Å². The Labute approximate surface area is 672 Å². The quantitative estimate of drug-likeness (QED) is 0.0543. The molecule has 15 rings (SSSR count). The van der Waals surface area contributed by atoms with Gasteiger partial charge in [-0.1, -0.05) is 125 Å². The third kappa shape index (κ3) is 20.5. The average molecular weight is 1690 g/mol. The van der Waals surface area contributed by atoms with Crippen LogP contribution >= 0.6 is 47.9 Å². The minimum Gasteiger partial charge on any atom is -0.677 e. The number of amidine groups is 2. The first kappa shape index (κ1) is 85.7. The molecule has 0 unspecified atom stereocenters. The number of nitrogens with zero attached hydrogens (tertiary/aromatic N) is 6. The number of anilines is 1. The van der Waals surface area contributed by atoms with Crippen molar-refractivity contribution < 1.29 is 57.3 Å². The van der Waals surface area contributed by atoms with Gasteiger partial charge in [-0.15, -0.1) is 19.0 Å². The van der Waals surface area contributed by atoms with Crippen molar-refractivity contribution in [1.29, 1.82) is 0 Å². The summed E-state index contributed by atoms with van der Waals surface area (Å²) in [4.78, 5) is 23.7. The molecule has 7 aliphatic rings. The molecule has 2 atom stereocenters. The van der Waals surface area contributed by atoms with Crippen LogP contribution in [-0.2, 0) is 52.1 Å². The summed E-state index contributed by atoms with van der Waals surface area (Å²) in [5.41, 5.74) is 32.2. The first-order chi connectivity index (χ1) is 50.8. The minimum absolute atomic E-state index is 0. The Hall–Kier alpha value is -6.33. The largest absolute Gasteiger partial charge is 2.00 e. The number of halogens is 6. The number of ether oxygens (including phenoxy) is 5. The van der Waals surface area contributed by atoms with Gasteiger partial charge in [0.2, 0.25) is 5.95 Å². The van der Waals surface area contributed by atoms with Gasteiger partial charge in [-0.2, -0.15) is 40.3 Å². The van der Waals surface area contributed by atoms with Crippen molar-refractivity contribution in [2.24, 2.45) is 21.5 Å². The summed E-state index contributed by atoms with van der Waals surface area (Å²) < 4.78 is 71.4. The van der Waals surface area contributed by atoms with Crippen LogP contribution in [-0.4, -0.2) is 103 Å². The number of hydrogen-bond acceptors (Lipinski definition) is 13. The van der Waals surface area contributed by atoms with Crippen LogP contribution in [0.15, 0.2) is 154 Å². The molecule has 108 heavy (non-hydrogen) atoms. The van der Waals surface area contributed by atoms with Crippen molar-refractivity contribution in [3.63, 3.8) is 0 Å². The van der Waals surface area contributed by atoms with Crippen LogP contribution in [0.3, 0.4) is 0 Å². The van der Waals surface area contributed by atoms with Crippen molar-refractivity contribution in [2.75, 3.05) is 58.1 Å². The SMILES string of the molecule is CC(C)c1cc(C(C)C)c(-c2ccccc2[PH+](C2CCCCC2)C2CCCCC2)c(C(C)C)c1.COC(C)(C)C.Cl.NC1=N[C@@]2(COC1)c1cc(-c3cccnc3F)ccc1Oc1cnc(N3CCC(F)(F)CC3)cc12.NC1=N[C@@]2(COC1)c1cc(Br)ccc1Oc1cnc(Cl)cc12.[NH-]CCc1[c-]cccc1.[Pd+2]. The molecule has 3 fully saturated rings. The molecule has 2 spiro atoms. The number of rotatable bonds is 11. The van der Waals surface area contributed by atoms with Crippen molar-refractivity contribution >= 4 is 70.7 Å². The van der Waals surface area contributed by atoms with Crippen LogP contribution < -0.4 is 31.1 Å². The van der Waals surface area contributed by atoms with Crippen LogP contribution in [0.25, 0.3) is 28.0 Å². The molecule has 3 aromatic heterocycles. The molecular formula is C86H105BrCl2F3N9O5PPd+. The van der Waals surface area contributed by atoms with E-state index in [1.165, 1.54) is 76.0 Å². The Kier molecular flexibility index (Phi) is 30.4. The van der Waals surface area contributed by atoms with Crippen LogP contribution in [0.1, 0.15) is 202 Å². The van der Waals surface area contributed by atoms with Crippen LogP contribution in [0.2, 0.25) is 5.15 Å². The number of fused-ring (bicyclic) bond motifs is 8. The number of hydrogen-bond donors (Lipinski definition) is 2. The number of aliphatic imine (C=N–C) groups is 2. The van der Waals surface area contributed by atoms with E-state index >= 15 is 0 Å². The Morgan fingerprint density at radius 2 is 1.19 bits per heavy atom. The maximum absolute atomic E-state index is 14.5. The molecule has 2 saturated carbocycles. The zero-order chi connectivity index (χ0) is 75.5. The molecule has 0 radical (unpaired) electrons. The first-order valence-corrected chi connectivity index (χ1v) is 40.5. The summed E-state index contributed by atoms with van der Waals surface area (Å²) in [6, 6.07) is 43.7. The first-order valence-electron chi connectivity index (χ1n) is 37.6. The fourth-order valence-electron chi connectivity index (χ4n) is 15.4. The van der Waals surface area contributed by atoms with Crippen molar-refractivity contribution in [3.8, 4) is 45.3 Å². The predicted octanol–water partition coefficient (Wildman–Crippen LogP) is 21.6. The number of benzene rings is 5. The van der Waals surface area contributed by atoms with Gasteiger partial charge in [-0.25, -0.2) is 23.7 Å². The smallest absolute Gasteiger partial charge is 0.677 e. The normalized spacial score (nSPS) is 19.2. The summed E-state index contributed by atoms with van der Waals surface area (Å²) in [6.07, 6.45) is 19.7. The van der Waals surface area contributed by atoms with E-state index in [4.69, 9.17) is 62.5 Å². The number of nitrogens with one attached hydrogen (secondary N) is 1. The fourth-order valence-corrected chi connectivity index (χ4v) is 20.3. The molecule has 14 nitrogen and oxygen atoms in total. The summed E-state index contributed by atoms with van der Waals surface area (Å²) in [6.45, 7) is 22.3. The van der Waals surface area contributed by atoms with Crippen molar-refractivity contribution in [3.05, 3.63) is 212 Å². The second-order valence-electron chi connectivity index (χ2n) is 30.6. The number of nitrogens with two attached hydrogens (primary N) is 2. The van der Waals surface area contributed by atoms with E-state index in [1.807, 2.05) is 80.3 Å². The van der Waals surface area contributed by atoms with Gasteiger partial charge in [0.05, 0.1) is 47.8 Å². The molecule has 22 heteroatoms. The van der Waals surface area contributed by atoms with Crippen molar-refractivity contribution in [1.82, 2.24) is 15.0 Å². The second kappa shape index (κ2) is 38.3. The molecule has 1 saturated heterocycles. The van der Waals surface area contributed by atoms with Gasteiger partial charge >= 0.3 is 20.4 Å². The van der Waals surface area contributed by atoms with Gasteiger partial charge in [0.25, 0.3) is 5.92 Å². The third-order valence-electron chi connectivity index (χ3n) is 21.0. The van der Waals surface area contributed by atoms with Gasteiger partial charge in [0, 0.05) is 85.0 Å². The van der Waals surface area contributed by atoms with Gasteiger partial charge in [0.15, 0.2) is 11.5 Å². The Morgan fingerprint density at radius 3 is 1.72 bits per heavy atom. The number of piperidine rings is 1. The summed E-state index contributed by atoms with van der Waals surface area (Å²) in [5.74, 6) is 2.04. The monoisotopic (exact) mass is 1690 g/mol. The summed E-state index contributed by atoms with van der Waals surface area (Å²) in [5, 5.41) is 2.16. The van der Waals surface area contributed by atoms with E-state index in [-0.39, 0.29) is 77.6 Å². The van der Waals surface area contributed by atoms with Crippen molar-refractivity contribution in [2.45, 2.75) is 197 Å². The molecular weight excluding hydrogens is 1580 g/mol. The van der Waals surface area contributed by atoms with E-state index in [0.29, 0.717) is 105 Å². The molecule has 5 aromatic carbocycles. The van der Waals surface area contributed by atoms with Gasteiger partial charge in [-0.05, 0) is 178 Å². The average Bonchev–Trinajstić information content (AvgIpc) is 0.727. The molecule has 580 valence electrons. The topological polar surface area (TPSA) is 189 Å². The van der Waals surface area contributed by atoms with E-state index in [0.717, 1.165) is 38.9 Å². The summed E-state index contributed by atoms with van der Waals surface area (Å²) >= 11 is 9.57. The van der Waals surface area contributed by atoms with E-state index < -0.39 is 30.9 Å². The minimum atomic E-state index is -2.66. The molecule has 8 aromatic rings. The molecule has 8 heterocycles. The Morgan fingerprint density at radius 1 is 0.667 bits per heavy atom. The van der Waals surface area contributed by atoms with E-state index in [9.17, 15) is 13.2 Å². The Bertz CT molecular complexity index is 4280. The molecule has 0 bridgehead atoms. The van der Waals surface area contributed by atoms with Crippen LogP contribution in [0.5, 0.6) is 23.0 Å². The number of methoxy groups -OCH3 is 1. The summed E-state index contributed by atoms with van der Waals surface area (Å²) in [7, 11) is 1.10. The van der Waals surface area contributed by atoms with Crippen LogP contribution in [0.4, 0.5) is 19.0 Å². The number of aromatic nitrogens is 3. The standard InChI is InChI=1S/C33H49P.C25H22F3N5O2.C15H11BrClN3O2.C8H9N.C5H12O.ClH.Pd/c1-23(2)26-21-30(24(3)4)33(31(22-26)25(5)6)29-19-13-14-20-32(29)34(27-15-9-7-10-16-27)28-17-11-8-12-18-28;26-23-16(2-1-7-30-23)15-3-4-19-17(10-15)25(14-34-13-21(29)32-25)18-11-22(31-12-20(18)35-19)33-8-5-24(27,28)6-9-33;16-8-1-2-11-9(3-8)15(7-21-6-14(18)20-15)10-4-13(17)19-5-12(10)22-11;9-7-6-8-4-2-1-3-5-8;1-5(2,3)6-4;;/h13-14,19-25,27-28H,7-12,15-18H2,1-6H3;1-4,7,10-12H,5-6,8-9,13-14H2,(H2,29,32);1-5H,6-7H2,(H2,18,20);1-4,9H,6-7H2;1-4H3;1H;/q;;;-2;;;+2/p+1/t;25-;15-;;;;/m.00..../s1.